The van der Waals surface area contributed by atoms with Crippen LogP contribution in [0.3, 0.4) is 0 Å². The van der Waals surface area contributed by atoms with Crippen LogP contribution in [0, 0.1) is 0 Å². The van der Waals surface area contributed by atoms with Crippen LogP contribution in [0.15, 0.2) is 35.7 Å². The summed E-state index contributed by atoms with van der Waals surface area (Å²) in [6.07, 6.45) is -5.04. The molecule has 0 aromatic heterocycles. The van der Waals surface area contributed by atoms with Gasteiger partial charge in [0.1, 0.15) is 24.4 Å². The lowest BCUT2D eigenvalue weighted by Crippen LogP contribution is -2.60. The molecule has 1 fully saturated rings. The molecule has 0 unspecified atom stereocenters. The van der Waals surface area contributed by atoms with Crippen LogP contribution in [0.4, 0.5) is 0 Å². The Kier molecular flexibility index (Phi) is 6.10. The Hall–Kier alpha value is -1.33. The summed E-state index contributed by atoms with van der Waals surface area (Å²) < 4.78 is 37.0. The van der Waals surface area contributed by atoms with Crippen molar-refractivity contribution in [1.29, 1.82) is 0 Å². The number of hydrogen-bond donors (Lipinski definition) is 4. The second kappa shape index (κ2) is 7.70. The first-order valence-electron chi connectivity index (χ1n) is 7.24. The maximum Gasteiger partial charge on any atom is 0.240 e. The zero-order valence-electron chi connectivity index (χ0n) is 13.1. The average molecular weight is 359 g/mol. The highest BCUT2D eigenvalue weighted by Gasteiger charge is 2.44. The molecule has 9 heteroatoms. The highest BCUT2D eigenvalue weighted by molar-refractivity contribution is 7.89. The van der Waals surface area contributed by atoms with Crippen molar-refractivity contribution in [3.8, 4) is 0 Å². The van der Waals surface area contributed by atoms with Crippen molar-refractivity contribution >= 4 is 16.1 Å². The molecule has 1 aliphatic rings. The molecule has 0 saturated carbocycles. The molecule has 4 N–H and O–H groups in total. The number of aliphatic hydroxyl groups is 3. The highest BCUT2D eigenvalue weighted by atomic mass is 32.2. The van der Waals surface area contributed by atoms with Crippen molar-refractivity contribution in [2.24, 2.45) is 0 Å². The van der Waals surface area contributed by atoms with Gasteiger partial charge in [0.15, 0.2) is 6.29 Å². The van der Waals surface area contributed by atoms with Crippen molar-refractivity contribution in [1.82, 2.24) is 4.72 Å². The number of methoxy groups -OCH3 is 1. The van der Waals surface area contributed by atoms with Crippen LogP contribution in [0.2, 0.25) is 0 Å². The molecule has 2 rings (SSSR count). The Morgan fingerprint density at radius 2 is 1.83 bits per heavy atom. The van der Waals surface area contributed by atoms with Gasteiger partial charge in [-0.2, -0.15) is 0 Å². The monoisotopic (exact) mass is 359 g/mol. The average Bonchev–Trinajstić information content (AvgIpc) is 2.59. The highest BCUT2D eigenvalue weighted by Crippen LogP contribution is 2.22. The fourth-order valence-corrected chi connectivity index (χ4v) is 3.38. The topological polar surface area (TPSA) is 125 Å². The number of aliphatic hydroxyl groups excluding tert-OH is 3. The second-order valence-corrected chi connectivity index (χ2v) is 7.14. The van der Waals surface area contributed by atoms with Crippen molar-refractivity contribution < 1.29 is 33.2 Å². The van der Waals surface area contributed by atoms with Gasteiger partial charge in [-0.05, 0) is 17.7 Å². The zero-order valence-corrected chi connectivity index (χ0v) is 13.9. The quantitative estimate of drug-likeness (QED) is 0.517. The van der Waals surface area contributed by atoms with E-state index in [0.29, 0.717) is 0 Å². The molecule has 1 saturated heterocycles. The van der Waals surface area contributed by atoms with Gasteiger partial charge >= 0.3 is 0 Å². The molecule has 0 amide bonds. The second-order valence-electron chi connectivity index (χ2n) is 5.38. The van der Waals surface area contributed by atoms with Crippen molar-refractivity contribution in [3.05, 3.63) is 36.4 Å². The predicted octanol–water partition coefficient (Wildman–Crippen LogP) is -0.938. The molecule has 1 aromatic carbocycles. The third kappa shape index (κ3) is 4.01. The van der Waals surface area contributed by atoms with Gasteiger partial charge in [-0.15, -0.1) is 0 Å². The number of benzene rings is 1. The molecule has 0 aliphatic carbocycles. The van der Waals surface area contributed by atoms with Gasteiger partial charge in [0.2, 0.25) is 10.0 Å². The van der Waals surface area contributed by atoms with Crippen molar-refractivity contribution in [3.63, 3.8) is 0 Å². The fourth-order valence-electron chi connectivity index (χ4n) is 2.34. The molecule has 0 bridgehead atoms. The standard InChI is InChI=1S/C15H21NO7S/c1-3-9-4-6-10(7-5-9)24(20,21)16-8-11-12(17)13(18)14(19)15(22-2)23-11/h3-7,11-19H,1,8H2,2H3/t11-,12-,13+,14+,15+/m1/s1. The lowest BCUT2D eigenvalue weighted by Gasteiger charge is -2.39. The van der Waals surface area contributed by atoms with Crippen LogP contribution in [0.5, 0.6) is 0 Å². The fraction of sp³-hybridized carbons (Fsp3) is 0.467. The molecule has 134 valence electrons. The third-order valence-electron chi connectivity index (χ3n) is 3.80. The first kappa shape index (κ1) is 19.0. The lowest BCUT2D eigenvalue weighted by molar-refractivity contribution is -0.287. The van der Waals surface area contributed by atoms with Crippen molar-refractivity contribution in [2.75, 3.05) is 13.7 Å². The molecule has 0 spiro atoms. The molecule has 8 nitrogen and oxygen atoms in total. The summed E-state index contributed by atoms with van der Waals surface area (Å²) in [5.41, 5.74) is 0.778. The summed E-state index contributed by atoms with van der Waals surface area (Å²) in [6.45, 7) is 3.30. The predicted molar refractivity (Wildman–Crippen MR) is 85.4 cm³/mol. The smallest absolute Gasteiger partial charge is 0.240 e. The van der Waals surface area contributed by atoms with Gasteiger partial charge in [-0.1, -0.05) is 24.8 Å². The van der Waals surface area contributed by atoms with E-state index < -0.39 is 40.7 Å². The molecule has 5 atom stereocenters. The number of sulfonamides is 1. The SMILES string of the molecule is C=Cc1ccc(S(=O)(=O)NC[C@H]2O[C@H](OC)[C@@H](O)[C@@H](O)[C@@H]2O)cc1. The van der Waals surface area contributed by atoms with Crippen LogP contribution < -0.4 is 4.72 Å². The lowest BCUT2D eigenvalue weighted by atomic mass is 9.99. The first-order chi connectivity index (χ1) is 11.3. The van der Waals surface area contributed by atoms with E-state index >= 15 is 0 Å². The Morgan fingerprint density at radius 3 is 2.38 bits per heavy atom. The van der Waals surface area contributed by atoms with Crippen LogP contribution in [-0.4, -0.2) is 68.1 Å². The maximum atomic E-state index is 12.3. The Bertz CT molecular complexity index is 659. The van der Waals surface area contributed by atoms with E-state index in [0.717, 1.165) is 5.56 Å². The molecular formula is C15H21NO7S. The Morgan fingerprint density at radius 1 is 1.21 bits per heavy atom. The van der Waals surface area contributed by atoms with Gasteiger partial charge in [0, 0.05) is 13.7 Å². The number of ether oxygens (including phenoxy) is 2. The van der Waals surface area contributed by atoms with Crippen molar-refractivity contribution in [2.45, 2.75) is 35.6 Å². The van der Waals surface area contributed by atoms with E-state index in [1.807, 2.05) is 0 Å². The normalized spacial score (nSPS) is 30.9. The maximum absolute atomic E-state index is 12.3. The molecular weight excluding hydrogens is 338 g/mol. The number of hydrogen-bond acceptors (Lipinski definition) is 7. The first-order valence-corrected chi connectivity index (χ1v) is 8.73. The molecule has 1 aromatic rings. The summed E-state index contributed by atoms with van der Waals surface area (Å²) in [7, 11) is -2.56. The molecule has 1 aliphatic heterocycles. The van der Waals surface area contributed by atoms with Gasteiger partial charge in [-0.25, -0.2) is 13.1 Å². The number of rotatable bonds is 6. The minimum absolute atomic E-state index is 0.0438. The minimum Gasteiger partial charge on any atom is -0.388 e. The van der Waals surface area contributed by atoms with Crippen LogP contribution in [-0.2, 0) is 19.5 Å². The summed E-state index contributed by atoms with van der Waals surface area (Å²) in [5, 5.41) is 29.4. The Balaban J connectivity index is 2.06. The third-order valence-corrected chi connectivity index (χ3v) is 5.24. The molecule has 1 heterocycles. The summed E-state index contributed by atoms with van der Waals surface area (Å²) in [5.74, 6) is 0. The summed E-state index contributed by atoms with van der Waals surface area (Å²) >= 11 is 0. The van der Waals surface area contributed by atoms with Gasteiger partial charge in [-0.3, -0.25) is 0 Å². The van der Waals surface area contributed by atoms with Crippen LogP contribution in [0.1, 0.15) is 5.56 Å². The summed E-state index contributed by atoms with van der Waals surface area (Å²) in [6, 6.07) is 6.06. The molecule has 0 radical (unpaired) electrons. The molecule has 24 heavy (non-hydrogen) atoms. The van der Waals surface area contributed by atoms with E-state index in [9.17, 15) is 23.7 Å². The van der Waals surface area contributed by atoms with Crippen LogP contribution >= 0.6 is 0 Å². The number of nitrogens with one attached hydrogen (secondary N) is 1. The van der Waals surface area contributed by atoms with E-state index in [1.54, 1.807) is 18.2 Å². The minimum atomic E-state index is -3.82. The van der Waals surface area contributed by atoms with Gasteiger partial charge in [0.25, 0.3) is 0 Å². The summed E-state index contributed by atoms with van der Waals surface area (Å²) in [4.78, 5) is 0.0438. The van der Waals surface area contributed by atoms with Gasteiger partial charge in [0.05, 0.1) is 4.90 Å². The zero-order chi connectivity index (χ0) is 17.9. The van der Waals surface area contributed by atoms with E-state index in [4.69, 9.17) is 9.47 Å². The van der Waals surface area contributed by atoms with E-state index in [1.165, 1.54) is 19.2 Å². The Labute approximate surface area is 140 Å². The largest absolute Gasteiger partial charge is 0.388 e. The van der Waals surface area contributed by atoms with E-state index in [2.05, 4.69) is 11.3 Å². The van der Waals surface area contributed by atoms with E-state index in [-0.39, 0.29) is 11.4 Å². The van der Waals surface area contributed by atoms with Crippen LogP contribution in [0.25, 0.3) is 6.08 Å². The van der Waals surface area contributed by atoms with Gasteiger partial charge < -0.3 is 24.8 Å².